The highest BCUT2D eigenvalue weighted by atomic mass is 35.5. The summed E-state index contributed by atoms with van der Waals surface area (Å²) in [7, 11) is 1.44. The van der Waals surface area contributed by atoms with Crippen molar-refractivity contribution in [2.75, 3.05) is 13.9 Å². The normalized spacial score (nSPS) is 17.8. The van der Waals surface area contributed by atoms with Gasteiger partial charge in [0.25, 0.3) is 5.91 Å². The second kappa shape index (κ2) is 5.85. The molecule has 0 saturated carbocycles. The molecule has 0 unspecified atom stereocenters. The number of benzene rings is 1. The Kier molecular flexibility index (Phi) is 4.49. The van der Waals surface area contributed by atoms with Gasteiger partial charge in [0, 0.05) is 12.7 Å². The maximum Gasteiger partial charge on any atom is 0.282 e. The van der Waals surface area contributed by atoms with Crippen LogP contribution in [-0.4, -0.2) is 35.5 Å². The molecule has 0 fully saturated rings. The third-order valence-electron chi connectivity index (χ3n) is 3.23. The van der Waals surface area contributed by atoms with E-state index >= 15 is 0 Å². The van der Waals surface area contributed by atoms with E-state index in [2.05, 4.69) is 0 Å². The third kappa shape index (κ3) is 2.62. The molecule has 1 N–H and O–H groups in total. The Labute approximate surface area is 132 Å². The van der Waals surface area contributed by atoms with Crippen LogP contribution in [0, 0.1) is 0 Å². The SMILES string of the molecule is COCON1C(=O)C(c2c(Cl)cccc2Cl)=C(O)C1(C)C. The first-order chi connectivity index (χ1) is 9.82. The maximum absolute atomic E-state index is 12.6. The molecule has 0 bridgehead atoms. The highest BCUT2D eigenvalue weighted by Crippen LogP contribution is 2.43. The number of carbonyl (C=O) groups is 1. The van der Waals surface area contributed by atoms with Gasteiger partial charge in [0.05, 0.1) is 15.6 Å². The van der Waals surface area contributed by atoms with Gasteiger partial charge >= 0.3 is 0 Å². The van der Waals surface area contributed by atoms with Gasteiger partial charge in [-0.2, -0.15) is 0 Å². The molecular weight excluding hydrogens is 317 g/mol. The van der Waals surface area contributed by atoms with E-state index in [0.29, 0.717) is 5.56 Å². The first-order valence-electron chi connectivity index (χ1n) is 6.17. The van der Waals surface area contributed by atoms with E-state index in [1.54, 1.807) is 32.0 Å². The van der Waals surface area contributed by atoms with Gasteiger partial charge in [-0.15, -0.1) is 0 Å². The first kappa shape index (κ1) is 16.1. The summed E-state index contributed by atoms with van der Waals surface area (Å²) >= 11 is 12.2. The summed E-state index contributed by atoms with van der Waals surface area (Å²) in [6.07, 6.45) is 0. The van der Waals surface area contributed by atoms with Crippen LogP contribution in [0.1, 0.15) is 19.4 Å². The van der Waals surface area contributed by atoms with Crippen molar-refractivity contribution in [1.29, 1.82) is 0 Å². The van der Waals surface area contributed by atoms with Crippen molar-refractivity contribution in [3.05, 3.63) is 39.6 Å². The number of halogens is 2. The summed E-state index contributed by atoms with van der Waals surface area (Å²) in [5, 5.41) is 12.1. The van der Waals surface area contributed by atoms with Crippen molar-refractivity contribution in [2.24, 2.45) is 0 Å². The van der Waals surface area contributed by atoms with E-state index in [1.165, 1.54) is 7.11 Å². The Hall–Kier alpha value is -1.27. The Morgan fingerprint density at radius 3 is 2.38 bits per heavy atom. The van der Waals surface area contributed by atoms with Crippen LogP contribution in [0.3, 0.4) is 0 Å². The number of hydrogen-bond donors (Lipinski definition) is 1. The van der Waals surface area contributed by atoms with Crippen molar-refractivity contribution in [2.45, 2.75) is 19.4 Å². The number of hydrogen-bond acceptors (Lipinski definition) is 4. The topological polar surface area (TPSA) is 59.0 Å². The minimum Gasteiger partial charge on any atom is -0.509 e. The molecule has 1 aromatic rings. The summed E-state index contributed by atoms with van der Waals surface area (Å²) in [4.78, 5) is 17.8. The molecular formula is C14H15Cl2NO4. The van der Waals surface area contributed by atoms with E-state index < -0.39 is 11.4 Å². The van der Waals surface area contributed by atoms with Gasteiger partial charge in [0.15, 0.2) is 6.79 Å². The van der Waals surface area contributed by atoms with Gasteiger partial charge in [-0.25, -0.2) is 9.90 Å². The second-order valence-corrected chi connectivity index (χ2v) is 5.83. The highest BCUT2D eigenvalue weighted by Gasteiger charge is 2.48. The largest absolute Gasteiger partial charge is 0.509 e. The van der Waals surface area contributed by atoms with Gasteiger partial charge in [-0.3, -0.25) is 4.79 Å². The molecule has 1 heterocycles. The number of amides is 1. The van der Waals surface area contributed by atoms with Crippen LogP contribution in [0.25, 0.3) is 5.57 Å². The van der Waals surface area contributed by atoms with Gasteiger partial charge in [-0.05, 0) is 26.0 Å². The van der Waals surface area contributed by atoms with Crippen molar-refractivity contribution >= 4 is 34.7 Å². The Morgan fingerprint density at radius 2 is 1.86 bits per heavy atom. The van der Waals surface area contributed by atoms with E-state index in [4.69, 9.17) is 32.8 Å². The predicted molar refractivity (Wildman–Crippen MR) is 79.9 cm³/mol. The molecule has 7 heteroatoms. The van der Waals surface area contributed by atoms with E-state index in [1.807, 2.05) is 0 Å². The molecule has 1 aliphatic heterocycles. The van der Waals surface area contributed by atoms with Crippen molar-refractivity contribution in [3.63, 3.8) is 0 Å². The van der Waals surface area contributed by atoms with Crippen LogP contribution < -0.4 is 0 Å². The fourth-order valence-electron chi connectivity index (χ4n) is 2.15. The molecule has 0 aromatic heterocycles. The number of carbonyl (C=O) groups excluding carboxylic acids is 1. The summed E-state index contributed by atoms with van der Waals surface area (Å²) in [5.41, 5.74) is -0.723. The lowest BCUT2D eigenvalue weighted by atomic mass is 9.99. The number of methoxy groups -OCH3 is 1. The molecule has 5 nitrogen and oxygen atoms in total. The molecule has 0 saturated heterocycles. The zero-order valence-corrected chi connectivity index (χ0v) is 13.3. The molecule has 0 spiro atoms. The highest BCUT2D eigenvalue weighted by molar-refractivity contribution is 6.41. The predicted octanol–water partition coefficient (Wildman–Crippen LogP) is 3.42. The zero-order chi connectivity index (χ0) is 15.8. The van der Waals surface area contributed by atoms with Crippen LogP contribution in [0.15, 0.2) is 24.0 Å². The van der Waals surface area contributed by atoms with E-state index in [-0.39, 0.29) is 28.2 Å². The molecule has 0 radical (unpaired) electrons. The van der Waals surface area contributed by atoms with Crippen molar-refractivity contribution in [3.8, 4) is 0 Å². The molecule has 0 aliphatic carbocycles. The van der Waals surface area contributed by atoms with Crippen LogP contribution in [0.4, 0.5) is 0 Å². The monoisotopic (exact) mass is 331 g/mol. The number of nitrogens with zero attached hydrogens (tertiary/aromatic N) is 1. The summed E-state index contributed by atoms with van der Waals surface area (Å²) in [6, 6.07) is 4.86. The number of aliphatic hydroxyl groups is 1. The third-order valence-corrected chi connectivity index (χ3v) is 3.86. The summed E-state index contributed by atoms with van der Waals surface area (Å²) in [6.45, 7) is 3.17. The van der Waals surface area contributed by atoms with E-state index in [9.17, 15) is 9.90 Å². The maximum atomic E-state index is 12.6. The van der Waals surface area contributed by atoms with Crippen LogP contribution >= 0.6 is 23.2 Å². The fourth-order valence-corrected chi connectivity index (χ4v) is 2.73. The molecule has 21 heavy (non-hydrogen) atoms. The molecule has 2 rings (SSSR count). The number of rotatable bonds is 4. The number of aliphatic hydroxyl groups excluding tert-OH is 1. The summed E-state index contributed by atoms with van der Waals surface area (Å²) < 4.78 is 4.80. The van der Waals surface area contributed by atoms with Crippen LogP contribution in [-0.2, 0) is 14.4 Å². The average molecular weight is 332 g/mol. The molecule has 1 amide bonds. The Balaban J connectivity index is 2.54. The van der Waals surface area contributed by atoms with E-state index in [0.717, 1.165) is 5.06 Å². The second-order valence-electron chi connectivity index (χ2n) is 5.01. The van der Waals surface area contributed by atoms with Gasteiger partial charge < -0.3 is 9.84 Å². The zero-order valence-electron chi connectivity index (χ0n) is 11.8. The Morgan fingerprint density at radius 1 is 1.29 bits per heavy atom. The van der Waals surface area contributed by atoms with Crippen LogP contribution in [0.2, 0.25) is 10.0 Å². The van der Waals surface area contributed by atoms with Gasteiger partial charge in [0.2, 0.25) is 0 Å². The standard InChI is InChI=1S/C14H15Cl2NO4/c1-14(2)12(18)11(13(19)17(14)21-7-20-3)10-8(15)5-4-6-9(10)16/h4-6,18H,7H2,1-3H3. The minimum absolute atomic E-state index is 0.0340. The average Bonchev–Trinajstić information content (AvgIpc) is 2.57. The lowest BCUT2D eigenvalue weighted by Gasteiger charge is -2.30. The van der Waals surface area contributed by atoms with Crippen molar-refractivity contribution < 1.29 is 19.5 Å². The van der Waals surface area contributed by atoms with Gasteiger partial charge in [0.1, 0.15) is 11.3 Å². The molecule has 1 aliphatic rings. The lowest BCUT2D eigenvalue weighted by Crippen LogP contribution is -2.43. The molecule has 114 valence electrons. The summed E-state index contributed by atoms with van der Waals surface area (Å²) in [5.74, 6) is -0.678. The fraction of sp³-hybridized carbons (Fsp3) is 0.357. The molecule has 1 aromatic carbocycles. The lowest BCUT2D eigenvalue weighted by molar-refractivity contribution is -0.238. The van der Waals surface area contributed by atoms with Crippen LogP contribution in [0.5, 0.6) is 0 Å². The van der Waals surface area contributed by atoms with Crippen molar-refractivity contribution in [1.82, 2.24) is 5.06 Å². The Bertz CT molecular complexity index is 593. The quantitative estimate of drug-likeness (QED) is 0.859. The number of hydroxylamine groups is 2. The number of ether oxygens (including phenoxy) is 1. The molecule has 0 atom stereocenters. The minimum atomic E-state index is -1.05. The smallest absolute Gasteiger partial charge is 0.282 e. The first-order valence-corrected chi connectivity index (χ1v) is 6.92. The van der Waals surface area contributed by atoms with Gasteiger partial charge in [-0.1, -0.05) is 29.3 Å².